The molecule has 0 unspecified atom stereocenters. The Morgan fingerprint density at radius 2 is 2.28 bits per heavy atom. The molecule has 0 atom stereocenters. The lowest BCUT2D eigenvalue weighted by Crippen LogP contribution is -2.13. The molecule has 1 aromatic heterocycles. The second-order valence-corrected chi connectivity index (χ2v) is 5.02. The molecule has 1 heterocycles. The summed E-state index contributed by atoms with van der Waals surface area (Å²) in [5.41, 5.74) is 3.90. The van der Waals surface area contributed by atoms with Gasteiger partial charge in [0.15, 0.2) is 0 Å². The van der Waals surface area contributed by atoms with Gasteiger partial charge in [-0.15, -0.1) is 0 Å². The van der Waals surface area contributed by atoms with Gasteiger partial charge in [-0.25, -0.2) is 4.98 Å². The molecule has 1 saturated carbocycles. The van der Waals surface area contributed by atoms with E-state index in [2.05, 4.69) is 39.1 Å². The second kappa shape index (κ2) is 4.94. The molecule has 18 heavy (non-hydrogen) atoms. The van der Waals surface area contributed by atoms with E-state index in [-0.39, 0.29) is 0 Å². The van der Waals surface area contributed by atoms with Crippen molar-refractivity contribution in [2.45, 2.75) is 31.7 Å². The summed E-state index contributed by atoms with van der Waals surface area (Å²) in [4.78, 5) is 4.32. The summed E-state index contributed by atoms with van der Waals surface area (Å²) in [6, 6.07) is 8.66. The van der Waals surface area contributed by atoms with Crippen LogP contribution in [0.25, 0.3) is 5.69 Å². The Labute approximate surface area is 108 Å². The molecule has 0 spiro atoms. The van der Waals surface area contributed by atoms with Gasteiger partial charge in [-0.1, -0.05) is 18.6 Å². The molecule has 3 heteroatoms. The number of imidazole rings is 1. The van der Waals surface area contributed by atoms with Crippen LogP contribution in [0, 0.1) is 0 Å². The lowest BCUT2D eigenvalue weighted by Gasteiger charge is -2.26. The smallest absolute Gasteiger partial charge is 0.0994 e. The highest BCUT2D eigenvalue weighted by molar-refractivity contribution is 5.38. The zero-order valence-corrected chi connectivity index (χ0v) is 10.8. The van der Waals surface area contributed by atoms with Crippen molar-refractivity contribution < 1.29 is 0 Å². The van der Waals surface area contributed by atoms with Crippen LogP contribution in [0.15, 0.2) is 36.8 Å². The molecule has 1 aromatic carbocycles. The highest BCUT2D eigenvalue weighted by Gasteiger charge is 2.23. The normalized spacial score (nSPS) is 15.6. The first kappa shape index (κ1) is 11.5. The van der Waals surface area contributed by atoms with Crippen molar-refractivity contribution in [3.8, 4) is 5.69 Å². The van der Waals surface area contributed by atoms with Gasteiger partial charge in [0, 0.05) is 30.0 Å². The van der Waals surface area contributed by atoms with Crippen LogP contribution in [0.1, 0.15) is 36.4 Å². The molecule has 1 aliphatic rings. The molecule has 1 N–H and O–H groups in total. The first-order valence-corrected chi connectivity index (χ1v) is 6.64. The second-order valence-electron chi connectivity index (χ2n) is 5.02. The molecular formula is C15H19N3. The highest BCUT2D eigenvalue weighted by Crippen LogP contribution is 2.36. The van der Waals surface area contributed by atoms with Crippen molar-refractivity contribution >= 4 is 0 Å². The van der Waals surface area contributed by atoms with Crippen LogP contribution in [-0.2, 0) is 6.54 Å². The molecule has 0 amide bonds. The van der Waals surface area contributed by atoms with Crippen LogP contribution in [0.5, 0.6) is 0 Å². The highest BCUT2D eigenvalue weighted by atomic mass is 15.1. The van der Waals surface area contributed by atoms with Crippen LogP contribution < -0.4 is 5.32 Å². The average molecular weight is 241 g/mol. The monoisotopic (exact) mass is 241 g/mol. The van der Waals surface area contributed by atoms with Gasteiger partial charge in [0.1, 0.15) is 0 Å². The number of nitrogens with one attached hydrogen (secondary N) is 1. The van der Waals surface area contributed by atoms with Gasteiger partial charge in [-0.3, -0.25) is 0 Å². The maximum Gasteiger partial charge on any atom is 0.0994 e. The first-order chi connectivity index (χ1) is 8.88. The Morgan fingerprint density at radius 1 is 1.39 bits per heavy atom. The number of nitrogens with zero attached hydrogens (tertiary/aromatic N) is 2. The van der Waals surface area contributed by atoms with Crippen molar-refractivity contribution in [2.75, 3.05) is 7.05 Å². The molecule has 3 nitrogen and oxygen atoms in total. The van der Waals surface area contributed by atoms with Crippen LogP contribution in [-0.4, -0.2) is 16.6 Å². The van der Waals surface area contributed by atoms with Crippen molar-refractivity contribution in [1.82, 2.24) is 14.9 Å². The molecule has 0 aliphatic heterocycles. The number of hydrogen-bond donors (Lipinski definition) is 1. The Morgan fingerprint density at radius 3 is 3.00 bits per heavy atom. The Kier molecular flexibility index (Phi) is 3.15. The molecule has 0 radical (unpaired) electrons. The predicted octanol–water partition coefficient (Wildman–Crippen LogP) is 2.86. The Balaban J connectivity index is 1.93. The molecule has 1 fully saturated rings. The Hall–Kier alpha value is -1.61. The van der Waals surface area contributed by atoms with Crippen molar-refractivity contribution in [3.63, 3.8) is 0 Å². The van der Waals surface area contributed by atoms with E-state index < -0.39 is 0 Å². The van der Waals surface area contributed by atoms with E-state index in [1.54, 1.807) is 0 Å². The van der Waals surface area contributed by atoms with Crippen molar-refractivity contribution in [2.24, 2.45) is 0 Å². The van der Waals surface area contributed by atoms with Gasteiger partial charge < -0.3 is 9.88 Å². The zero-order chi connectivity index (χ0) is 12.4. The fraction of sp³-hybridized carbons (Fsp3) is 0.400. The van der Waals surface area contributed by atoms with Crippen molar-refractivity contribution in [3.05, 3.63) is 48.0 Å². The van der Waals surface area contributed by atoms with Gasteiger partial charge >= 0.3 is 0 Å². The lowest BCUT2D eigenvalue weighted by atomic mass is 9.83. The molecule has 1 aliphatic carbocycles. The van der Waals surface area contributed by atoms with Crippen LogP contribution in [0.2, 0.25) is 0 Å². The van der Waals surface area contributed by atoms with Gasteiger partial charge in [0.2, 0.25) is 0 Å². The van der Waals surface area contributed by atoms with E-state index in [1.165, 1.54) is 36.2 Å². The minimum Gasteiger partial charge on any atom is -0.316 e. The summed E-state index contributed by atoms with van der Waals surface area (Å²) >= 11 is 0. The molecule has 3 rings (SSSR count). The molecule has 2 aromatic rings. The first-order valence-electron chi connectivity index (χ1n) is 6.64. The van der Waals surface area contributed by atoms with Crippen molar-refractivity contribution in [1.29, 1.82) is 0 Å². The van der Waals surface area contributed by atoms with Gasteiger partial charge in [0.05, 0.1) is 6.33 Å². The number of hydrogen-bond acceptors (Lipinski definition) is 2. The summed E-state index contributed by atoms with van der Waals surface area (Å²) in [6.45, 7) is 0.904. The number of aromatic nitrogens is 2. The zero-order valence-electron chi connectivity index (χ0n) is 10.8. The predicted molar refractivity (Wildman–Crippen MR) is 72.9 cm³/mol. The average Bonchev–Trinajstić information content (AvgIpc) is 2.76. The summed E-state index contributed by atoms with van der Waals surface area (Å²) in [7, 11) is 1.98. The Bertz CT molecular complexity index is 526. The largest absolute Gasteiger partial charge is 0.316 e. The maximum atomic E-state index is 4.32. The van der Waals surface area contributed by atoms with Gasteiger partial charge in [-0.2, -0.15) is 0 Å². The number of rotatable bonds is 4. The molecular weight excluding hydrogens is 222 g/mol. The molecule has 0 saturated heterocycles. The van der Waals surface area contributed by atoms with Crippen LogP contribution >= 0.6 is 0 Å². The fourth-order valence-corrected chi connectivity index (χ4v) is 2.55. The van der Waals surface area contributed by atoms with E-state index in [9.17, 15) is 0 Å². The summed E-state index contributed by atoms with van der Waals surface area (Å²) in [5, 5.41) is 3.19. The van der Waals surface area contributed by atoms with Gasteiger partial charge in [-0.05, 0) is 37.6 Å². The third kappa shape index (κ3) is 2.06. The van der Waals surface area contributed by atoms with Crippen LogP contribution in [0.4, 0.5) is 0 Å². The third-order valence-corrected chi connectivity index (χ3v) is 3.76. The van der Waals surface area contributed by atoms with E-state index in [0.29, 0.717) is 5.92 Å². The summed E-state index contributed by atoms with van der Waals surface area (Å²) < 4.78 is 2.24. The quantitative estimate of drug-likeness (QED) is 0.892. The number of benzene rings is 1. The van der Waals surface area contributed by atoms with Gasteiger partial charge in [0.25, 0.3) is 0 Å². The SMILES string of the molecule is CNCc1cccc(-n2cncc2C2CCC2)c1. The molecule has 94 valence electrons. The topological polar surface area (TPSA) is 29.9 Å². The van der Waals surface area contributed by atoms with E-state index in [0.717, 1.165) is 6.54 Å². The standard InChI is InChI=1S/C15H19N3/c1-16-9-12-4-2-7-14(8-12)18-11-17-10-15(18)13-5-3-6-13/h2,4,7-8,10-11,13,16H,3,5-6,9H2,1H3. The lowest BCUT2D eigenvalue weighted by molar-refractivity contribution is 0.407. The van der Waals surface area contributed by atoms with E-state index in [4.69, 9.17) is 0 Å². The van der Waals surface area contributed by atoms with E-state index >= 15 is 0 Å². The van der Waals surface area contributed by atoms with Crippen LogP contribution in [0.3, 0.4) is 0 Å². The summed E-state index contributed by atoms with van der Waals surface area (Å²) in [6.07, 6.45) is 7.93. The summed E-state index contributed by atoms with van der Waals surface area (Å²) in [5.74, 6) is 0.709. The van der Waals surface area contributed by atoms with E-state index in [1.807, 2.05) is 19.6 Å². The molecule has 0 bridgehead atoms. The minimum atomic E-state index is 0.709. The maximum absolute atomic E-state index is 4.32. The minimum absolute atomic E-state index is 0.709. The fourth-order valence-electron chi connectivity index (χ4n) is 2.55. The third-order valence-electron chi connectivity index (χ3n) is 3.76.